The van der Waals surface area contributed by atoms with E-state index in [0.29, 0.717) is 5.69 Å². The Morgan fingerprint density at radius 1 is 1.44 bits per heavy atom. The minimum Gasteiger partial charge on any atom is -0.325 e. The van der Waals surface area contributed by atoms with E-state index in [1.165, 1.54) is 24.3 Å². The van der Waals surface area contributed by atoms with Crippen LogP contribution in [0.5, 0.6) is 0 Å². The van der Waals surface area contributed by atoms with E-state index in [0.717, 1.165) is 0 Å². The summed E-state index contributed by atoms with van der Waals surface area (Å²) in [5.74, 6) is 0. The number of urea groups is 1. The number of non-ortho nitro benzene ring substituents is 1. The standard InChI is InChI=1S/C9H8N4O3/c10-5-6-11-9(14)12-7-1-3-8(4-2-7)13(15)16/h1-4H,6H2,(H2,11,12,14). The molecule has 0 fully saturated rings. The maximum absolute atomic E-state index is 11.1. The van der Waals surface area contributed by atoms with Crippen molar-refractivity contribution in [3.8, 4) is 6.07 Å². The maximum atomic E-state index is 11.1. The Morgan fingerprint density at radius 3 is 2.56 bits per heavy atom. The monoisotopic (exact) mass is 220 g/mol. The number of nitro groups is 1. The van der Waals surface area contributed by atoms with E-state index in [4.69, 9.17) is 5.26 Å². The lowest BCUT2D eigenvalue weighted by Crippen LogP contribution is -2.28. The average Bonchev–Trinajstić information content (AvgIpc) is 2.27. The molecule has 0 unspecified atom stereocenters. The Kier molecular flexibility index (Phi) is 3.80. The van der Waals surface area contributed by atoms with Crippen LogP contribution in [0.15, 0.2) is 24.3 Å². The van der Waals surface area contributed by atoms with Gasteiger partial charge in [-0.25, -0.2) is 4.79 Å². The van der Waals surface area contributed by atoms with Gasteiger partial charge in [-0.2, -0.15) is 5.26 Å². The Hall–Kier alpha value is -2.62. The van der Waals surface area contributed by atoms with Crippen molar-refractivity contribution < 1.29 is 9.72 Å². The first-order chi connectivity index (χ1) is 7.63. The summed E-state index contributed by atoms with van der Waals surface area (Å²) in [6, 6.07) is 6.58. The third-order valence-electron chi connectivity index (χ3n) is 1.66. The summed E-state index contributed by atoms with van der Waals surface area (Å²) in [6.07, 6.45) is 0. The normalized spacial score (nSPS) is 8.94. The van der Waals surface area contributed by atoms with Crippen LogP contribution in [0.3, 0.4) is 0 Å². The molecular formula is C9H8N4O3. The number of nitrogens with one attached hydrogen (secondary N) is 2. The van der Waals surface area contributed by atoms with Gasteiger partial charge in [0.2, 0.25) is 0 Å². The van der Waals surface area contributed by atoms with Gasteiger partial charge in [-0.05, 0) is 12.1 Å². The van der Waals surface area contributed by atoms with Gasteiger partial charge in [0.15, 0.2) is 0 Å². The highest BCUT2D eigenvalue weighted by Crippen LogP contribution is 2.14. The number of hydrogen-bond donors (Lipinski definition) is 2. The van der Waals surface area contributed by atoms with Crippen molar-refractivity contribution in [3.05, 3.63) is 34.4 Å². The molecule has 2 amide bonds. The zero-order chi connectivity index (χ0) is 12.0. The first-order valence-corrected chi connectivity index (χ1v) is 4.29. The first-order valence-electron chi connectivity index (χ1n) is 4.29. The maximum Gasteiger partial charge on any atom is 0.320 e. The number of rotatable bonds is 3. The summed E-state index contributed by atoms with van der Waals surface area (Å²) in [5.41, 5.74) is 0.365. The molecule has 1 aromatic carbocycles. The van der Waals surface area contributed by atoms with Crippen LogP contribution in [0.25, 0.3) is 0 Å². The minimum absolute atomic E-state index is 0.0528. The van der Waals surface area contributed by atoms with Gasteiger partial charge in [-0.3, -0.25) is 10.1 Å². The van der Waals surface area contributed by atoms with Crippen molar-refractivity contribution in [3.63, 3.8) is 0 Å². The van der Waals surface area contributed by atoms with Crippen molar-refractivity contribution in [1.82, 2.24) is 5.32 Å². The van der Waals surface area contributed by atoms with Crippen LogP contribution >= 0.6 is 0 Å². The lowest BCUT2D eigenvalue weighted by atomic mass is 10.3. The van der Waals surface area contributed by atoms with E-state index in [1.54, 1.807) is 6.07 Å². The number of benzene rings is 1. The Balaban J connectivity index is 2.59. The molecule has 2 N–H and O–H groups in total. The lowest BCUT2D eigenvalue weighted by molar-refractivity contribution is -0.384. The van der Waals surface area contributed by atoms with Crippen LogP contribution in [-0.4, -0.2) is 17.5 Å². The van der Waals surface area contributed by atoms with Crippen LogP contribution in [-0.2, 0) is 0 Å². The predicted octanol–water partition coefficient (Wildman–Crippen LogP) is 1.24. The molecule has 16 heavy (non-hydrogen) atoms. The minimum atomic E-state index is -0.532. The van der Waals surface area contributed by atoms with E-state index in [1.807, 2.05) is 0 Å². The van der Waals surface area contributed by atoms with Crippen LogP contribution in [0.1, 0.15) is 0 Å². The Bertz CT molecular complexity index is 435. The summed E-state index contributed by atoms with van der Waals surface area (Å²) >= 11 is 0. The Morgan fingerprint density at radius 2 is 2.06 bits per heavy atom. The number of carbonyl (C=O) groups excluding carboxylic acids is 1. The molecular weight excluding hydrogens is 212 g/mol. The number of hydrogen-bond acceptors (Lipinski definition) is 4. The molecule has 0 atom stereocenters. The second kappa shape index (κ2) is 5.31. The number of nitro benzene ring substituents is 1. The number of nitriles is 1. The van der Waals surface area contributed by atoms with Gasteiger partial charge in [-0.15, -0.1) is 0 Å². The first kappa shape index (κ1) is 11.5. The summed E-state index contributed by atoms with van der Waals surface area (Å²) in [7, 11) is 0. The van der Waals surface area contributed by atoms with Gasteiger partial charge < -0.3 is 10.6 Å². The lowest BCUT2D eigenvalue weighted by Gasteiger charge is -2.03. The van der Waals surface area contributed by atoms with E-state index >= 15 is 0 Å². The highest BCUT2D eigenvalue weighted by molar-refractivity contribution is 5.89. The molecule has 0 aliphatic heterocycles. The fraction of sp³-hybridized carbons (Fsp3) is 0.111. The third-order valence-corrected chi connectivity index (χ3v) is 1.66. The molecule has 0 aromatic heterocycles. The molecule has 0 spiro atoms. The highest BCUT2D eigenvalue weighted by atomic mass is 16.6. The van der Waals surface area contributed by atoms with Crippen LogP contribution in [0.4, 0.5) is 16.2 Å². The molecule has 1 aromatic rings. The van der Waals surface area contributed by atoms with E-state index in [9.17, 15) is 14.9 Å². The molecule has 7 nitrogen and oxygen atoms in total. The quantitative estimate of drug-likeness (QED) is 0.453. The predicted molar refractivity (Wildman–Crippen MR) is 55.7 cm³/mol. The van der Waals surface area contributed by atoms with Crippen molar-refractivity contribution in [2.75, 3.05) is 11.9 Å². The van der Waals surface area contributed by atoms with Crippen molar-refractivity contribution in [2.24, 2.45) is 0 Å². The van der Waals surface area contributed by atoms with Gasteiger partial charge in [0.05, 0.1) is 11.0 Å². The highest BCUT2D eigenvalue weighted by Gasteiger charge is 2.05. The molecule has 0 bridgehead atoms. The molecule has 82 valence electrons. The number of carbonyl (C=O) groups is 1. The Labute approximate surface area is 90.8 Å². The zero-order valence-corrected chi connectivity index (χ0v) is 8.14. The number of anilines is 1. The van der Waals surface area contributed by atoms with Gasteiger partial charge in [0, 0.05) is 17.8 Å². The molecule has 0 aliphatic carbocycles. The summed E-state index contributed by atoms with van der Waals surface area (Å²) in [6.45, 7) is -0.0984. The van der Waals surface area contributed by atoms with Crippen LogP contribution in [0, 0.1) is 21.4 Å². The van der Waals surface area contributed by atoms with Gasteiger partial charge in [-0.1, -0.05) is 0 Å². The fourth-order valence-electron chi connectivity index (χ4n) is 0.962. The molecule has 1 rings (SSSR count). The molecule has 0 saturated heterocycles. The fourth-order valence-corrected chi connectivity index (χ4v) is 0.962. The van der Waals surface area contributed by atoms with Crippen molar-refractivity contribution in [1.29, 1.82) is 5.26 Å². The molecule has 0 aliphatic rings. The summed E-state index contributed by atoms with van der Waals surface area (Å²) < 4.78 is 0. The van der Waals surface area contributed by atoms with Crippen molar-refractivity contribution >= 4 is 17.4 Å². The second-order valence-electron chi connectivity index (χ2n) is 2.77. The third kappa shape index (κ3) is 3.26. The number of amides is 2. The van der Waals surface area contributed by atoms with Crippen LogP contribution < -0.4 is 10.6 Å². The van der Waals surface area contributed by atoms with Gasteiger partial charge in [0.1, 0.15) is 6.54 Å². The topological polar surface area (TPSA) is 108 Å². The van der Waals surface area contributed by atoms with E-state index < -0.39 is 11.0 Å². The second-order valence-corrected chi connectivity index (χ2v) is 2.77. The SMILES string of the molecule is N#CCNC(=O)Nc1ccc([N+](=O)[O-])cc1. The average molecular weight is 220 g/mol. The van der Waals surface area contributed by atoms with E-state index in [-0.39, 0.29) is 12.2 Å². The van der Waals surface area contributed by atoms with E-state index in [2.05, 4.69) is 10.6 Å². The molecule has 7 heteroatoms. The molecule has 0 radical (unpaired) electrons. The molecule has 0 heterocycles. The summed E-state index contributed by atoms with van der Waals surface area (Å²) in [4.78, 5) is 20.9. The molecule has 0 saturated carbocycles. The zero-order valence-electron chi connectivity index (χ0n) is 8.14. The van der Waals surface area contributed by atoms with Crippen molar-refractivity contribution in [2.45, 2.75) is 0 Å². The van der Waals surface area contributed by atoms with Gasteiger partial charge in [0.25, 0.3) is 5.69 Å². The van der Waals surface area contributed by atoms with Gasteiger partial charge >= 0.3 is 6.03 Å². The number of nitrogens with zero attached hydrogens (tertiary/aromatic N) is 2. The van der Waals surface area contributed by atoms with Crippen LogP contribution in [0.2, 0.25) is 0 Å². The smallest absolute Gasteiger partial charge is 0.320 e. The summed E-state index contributed by atoms with van der Waals surface area (Å²) in [5, 5.41) is 23.2. The largest absolute Gasteiger partial charge is 0.325 e.